The van der Waals surface area contributed by atoms with E-state index in [1.807, 2.05) is 4.90 Å². The van der Waals surface area contributed by atoms with Gasteiger partial charge in [0.15, 0.2) is 0 Å². The maximum absolute atomic E-state index is 12.1. The summed E-state index contributed by atoms with van der Waals surface area (Å²) >= 11 is 0. The number of hydrogen-bond acceptors (Lipinski definition) is 9. The lowest BCUT2D eigenvalue weighted by atomic mass is 10.3. The number of ether oxygens (including phenoxy) is 1. The van der Waals surface area contributed by atoms with Crippen LogP contribution in [-0.2, 0) is 9.53 Å². The van der Waals surface area contributed by atoms with Crippen LogP contribution in [0.4, 0.5) is 11.6 Å². The van der Waals surface area contributed by atoms with E-state index in [1.54, 1.807) is 6.07 Å². The summed E-state index contributed by atoms with van der Waals surface area (Å²) in [5.74, 6) is 0.516. The molecule has 1 aliphatic rings. The summed E-state index contributed by atoms with van der Waals surface area (Å²) in [7, 11) is 0. The predicted molar refractivity (Wildman–Crippen MR) is 84.8 cm³/mol. The van der Waals surface area contributed by atoms with Gasteiger partial charge in [0.25, 0.3) is 5.91 Å². The molecule has 1 aromatic heterocycles. The molecule has 0 atom stereocenters. The van der Waals surface area contributed by atoms with Gasteiger partial charge in [-0.25, -0.2) is 15.5 Å². The topological polar surface area (TPSA) is 140 Å². The van der Waals surface area contributed by atoms with Crippen molar-refractivity contribution in [1.29, 1.82) is 10.9 Å². The molecule has 122 valence electrons. The van der Waals surface area contributed by atoms with Crippen LogP contribution in [0.25, 0.3) is 0 Å². The van der Waals surface area contributed by atoms with E-state index in [2.05, 4.69) is 25.4 Å². The van der Waals surface area contributed by atoms with Gasteiger partial charge in [0.1, 0.15) is 23.7 Å². The van der Waals surface area contributed by atoms with Crippen molar-refractivity contribution < 1.29 is 9.53 Å². The number of anilines is 2. The van der Waals surface area contributed by atoms with Crippen LogP contribution in [0.1, 0.15) is 0 Å². The van der Waals surface area contributed by atoms with E-state index in [1.165, 1.54) is 6.33 Å². The lowest BCUT2D eigenvalue weighted by molar-refractivity contribution is -0.110. The fraction of sp³-hybridized carbons (Fsp3) is 0.462. The second-order valence-corrected chi connectivity index (χ2v) is 4.61. The van der Waals surface area contributed by atoms with E-state index in [0.29, 0.717) is 24.8 Å². The molecule has 0 bridgehead atoms. The number of hydrogen-bond donors (Lipinski definition) is 3. The molecule has 1 amide bonds. The van der Waals surface area contributed by atoms with E-state index in [-0.39, 0.29) is 18.8 Å². The van der Waals surface area contributed by atoms with Gasteiger partial charge in [-0.3, -0.25) is 9.79 Å². The fourth-order valence-electron chi connectivity index (χ4n) is 1.96. The van der Waals surface area contributed by atoms with E-state index in [0.717, 1.165) is 19.3 Å². The third-order valence-electron chi connectivity index (χ3n) is 3.09. The quantitative estimate of drug-likeness (QED) is 0.378. The van der Waals surface area contributed by atoms with E-state index in [9.17, 15) is 4.79 Å². The van der Waals surface area contributed by atoms with E-state index < -0.39 is 5.91 Å². The number of aliphatic imine (C=N–C) groups is 1. The zero-order valence-electron chi connectivity index (χ0n) is 12.5. The SMILES string of the molecule is N=CC(=NCCN=N)C(=O)Nc1cc(N2CCOCC2)ncn1. The minimum Gasteiger partial charge on any atom is -0.378 e. The summed E-state index contributed by atoms with van der Waals surface area (Å²) in [5, 5.41) is 13.0. The number of morpholine rings is 1. The summed E-state index contributed by atoms with van der Waals surface area (Å²) in [6, 6.07) is 1.67. The normalized spacial score (nSPS) is 15.1. The molecule has 1 aromatic rings. The Hall–Kier alpha value is -2.75. The van der Waals surface area contributed by atoms with Crippen molar-refractivity contribution in [2.45, 2.75) is 0 Å². The summed E-state index contributed by atoms with van der Waals surface area (Å²) in [4.78, 5) is 26.2. The number of rotatable bonds is 7. The Morgan fingerprint density at radius 3 is 2.87 bits per heavy atom. The molecule has 1 fully saturated rings. The first-order valence-corrected chi connectivity index (χ1v) is 7.09. The van der Waals surface area contributed by atoms with Gasteiger partial charge < -0.3 is 20.4 Å². The monoisotopic (exact) mass is 318 g/mol. The number of nitrogens with one attached hydrogen (secondary N) is 3. The Balaban J connectivity index is 2.03. The van der Waals surface area contributed by atoms with Crippen molar-refractivity contribution in [3.8, 4) is 0 Å². The van der Waals surface area contributed by atoms with Crippen LogP contribution in [0, 0.1) is 10.9 Å². The zero-order valence-corrected chi connectivity index (χ0v) is 12.5. The van der Waals surface area contributed by atoms with Crippen LogP contribution in [0.5, 0.6) is 0 Å². The average molecular weight is 318 g/mol. The molecule has 0 saturated carbocycles. The minimum absolute atomic E-state index is 0.0415. The van der Waals surface area contributed by atoms with Crippen LogP contribution in [0.2, 0.25) is 0 Å². The van der Waals surface area contributed by atoms with Gasteiger partial charge in [-0.05, 0) is 0 Å². The molecule has 10 nitrogen and oxygen atoms in total. The minimum atomic E-state index is -0.531. The molecule has 2 rings (SSSR count). The molecule has 1 saturated heterocycles. The Morgan fingerprint density at radius 2 is 2.17 bits per heavy atom. The van der Waals surface area contributed by atoms with Crippen LogP contribution in [0.3, 0.4) is 0 Å². The molecule has 0 aromatic carbocycles. The van der Waals surface area contributed by atoms with E-state index >= 15 is 0 Å². The van der Waals surface area contributed by atoms with Gasteiger partial charge in [-0.1, -0.05) is 0 Å². The molecule has 0 aliphatic carbocycles. The Kier molecular flexibility index (Phi) is 6.24. The first-order valence-electron chi connectivity index (χ1n) is 7.09. The molecule has 0 radical (unpaired) electrons. The first-order chi connectivity index (χ1) is 11.2. The van der Waals surface area contributed by atoms with Gasteiger partial charge in [-0.2, -0.15) is 5.11 Å². The van der Waals surface area contributed by atoms with Crippen molar-refractivity contribution in [3.63, 3.8) is 0 Å². The standard InChI is InChI=1S/C13H18N8O2/c14-8-10(16-1-2-19-15)13(22)20-11-7-12(18-9-17-11)21-3-5-23-6-4-21/h7-9,14-15H,1-6H2,(H,17,18,20,22). The Bertz CT molecular complexity index is 597. The lowest BCUT2D eigenvalue weighted by Gasteiger charge is -2.27. The van der Waals surface area contributed by atoms with Gasteiger partial charge in [0, 0.05) is 25.4 Å². The average Bonchev–Trinajstić information content (AvgIpc) is 2.60. The first kappa shape index (κ1) is 16.6. The largest absolute Gasteiger partial charge is 0.378 e. The van der Waals surface area contributed by atoms with Crippen molar-refractivity contribution >= 4 is 29.5 Å². The number of aromatic nitrogens is 2. The molecule has 1 aliphatic heterocycles. The lowest BCUT2D eigenvalue weighted by Crippen LogP contribution is -2.36. The Labute approximate surface area is 133 Å². The van der Waals surface area contributed by atoms with Crippen molar-refractivity contribution in [2.75, 3.05) is 49.6 Å². The number of carbonyl (C=O) groups is 1. The maximum atomic E-state index is 12.1. The highest BCUT2D eigenvalue weighted by Gasteiger charge is 2.15. The summed E-state index contributed by atoms with van der Waals surface area (Å²) in [5.41, 5.74) is 6.64. The van der Waals surface area contributed by atoms with Crippen LogP contribution in [-0.4, -0.2) is 67.2 Å². The third kappa shape index (κ3) is 4.88. The van der Waals surface area contributed by atoms with Crippen molar-refractivity contribution in [2.24, 2.45) is 10.1 Å². The zero-order chi connectivity index (χ0) is 16.5. The van der Waals surface area contributed by atoms with Gasteiger partial charge in [0.05, 0.1) is 26.3 Å². The molecular formula is C13H18N8O2. The number of nitrogens with zero attached hydrogens (tertiary/aromatic N) is 5. The van der Waals surface area contributed by atoms with Crippen LogP contribution in [0.15, 0.2) is 22.5 Å². The van der Waals surface area contributed by atoms with Crippen molar-refractivity contribution in [3.05, 3.63) is 12.4 Å². The van der Waals surface area contributed by atoms with Gasteiger partial charge in [-0.15, -0.1) is 0 Å². The van der Waals surface area contributed by atoms with Gasteiger partial charge in [0.2, 0.25) is 0 Å². The highest BCUT2D eigenvalue weighted by Crippen LogP contribution is 2.15. The Morgan fingerprint density at radius 1 is 1.39 bits per heavy atom. The van der Waals surface area contributed by atoms with E-state index in [4.69, 9.17) is 15.7 Å². The molecule has 0 spiro atoms. The predicted octanol–water partition coefficient (Wildman–Crippen LogP) is 0.373. The van der Waals surface area contributed by atoms with Crippen LogP contribution < -0.4 is 10.2 Å². The second kappa shape index (κ2) is 8.63. The second-order valence-electron chi connectivity index (χ2n) is 4.61. The molecule has 10 heteroatoms. The van der Waals surface area contributed by atoms with Crippen LogP contribution >= 0.6 is 0 Å². The molecule has 3 N–H and O–H groups in total. The number of amides is 1. The maximum Gasteiger partial charge on any atom is 0.276 e. The van der Waals surface area contributed by atoms with Gasteiger partial charge >= 0.3 is 0 Å². The summed E-state index contributed by atoms with van der Waals surface area (Å²) in [6.45, 7) is 3.10. The highest BCUT2D eigenvalue weighted by molar-refractivity contribution is 6.62. The number of carbonyl (C=O) groups excluding carboxylic acids is 1. The van der Waals surface area contributed by atoms with Crippen molar-refractivity contribution in [1.82, 2.24) is 9.97 Å². The summed E-state index contributed by atoms with van der Waals surface area (Å²) < 4.78 is 5.29. The molecule has 0 unspecified atom stereocenters. The molecule has 23 heavy (non-hydrogen) atoms. The smallest absolute Gasteiger partial charge is 0.276 e. The summed E-state index contributed by atoms with van der Waals surface area (Å²) in [6.07, 6.45) is 2.24. The molecule has 2 heterocycles. The third-order valence-corrected chi connectivity index (χ3v) is 3.09. The fourth-order valence-corrected chi connectivity index (χ4v) is 1.96. The highest BCUT2D eigenvalue weighted by atomic mass is 16.5. The molecular weight excluding hydrogens is 300 g/mol.